The third kappa shape index (κ3) is 3.01. The zero-order chi connectivity index (χ0) is 12.3. The first-order valence-corrected chi connectivity index (χ1v) is 7.40. The second-order valence-corrected chi connectivity index (χ2v) is 5.81. The third-order valence-electron chi connectivity index (χ3n) is 4.62. The molecule has 0 aromatic rings. The van der Waals surface area contributed by atoms with E-state index in [0.717, 1.165) is 24.7 Å². The summed E-state index contributed by atoms with van der Waals surface area (Å²) in [5, 5.41) is 3.35. The largest absolute Gasteiger partial charge is 0.318 e. The van der Waals surface area contributed by atoms with Gasteiger partial charge in [-0.2, -0.15) is 0 Å². The highest BCUT2D eigenvalue weighted by molar-refractivity contribution is 4.92. The SMILES string of the molecule is CCC(CNC)N1CC2CCCCN2CC1C. The van der Waals surface area contributed by atoms with Gasteiger partial charge in [-0.1, -0.05) is 13.3 Å². The van der Waals surface area contributed by atoms with Crippen LogP contribution in [0.2, 0.25) is 0 Å². The fraction of sp³-hybridized carbons (Fsp3) is 1.00. The molecule has 100 valence electrons. The van der Waals surface area contributed by atoms with Crippen molar-refractivity contribution in [2.45, 2.75) is 57.7 Å². The summed E-state index contributed by atoms with van der Waals surface area (Å²) in [7, 11) is 2.07. The van der Waals surface area contributed by atoms with Crippen LogP contribution in [-0.2, 0) is 0 Å². The maximum Gasteiger partial charge on any atom is 0.0224 e. The van der Waals surface area contributed by atoms with Crippen molar-refractivity contribution in [3.8, 4) is 0 Å². The minimum absolute atomic E-state index is 0.721. The van der Waals surface area contributed by atoms with Crippen molar-refractivity contribution in [1.82, 2.24) is 15.1 Å². The topological polar surface area (TPSA) is 18.5 Å². The van der Waals surface area contributed by atoms with Crippen molar-refractivity contribution in [2.24, 2.45) is 0 Å². The monoisotopic (exact) mass is 239 g/mol. The molecule has 2 saturated heterocycles. The number of nitrogens with one attached hydrogen (secondary N) is 1. The molecule has 0 aromatic carbocycles. The van der Waals surface area contributed by atoms with Crippen LogP contribution < -0.4 is 5.32 Å². The number of hydrogen-bond donors (Lipinski definition) is 1. The van der Waals surface area contributed by atoms with Crippen LogP contribution in [0, 0.1) is 0 Å². The number of piperidine rings is 1. The molecule has 17 heavy (non-hydrogen) atoms. The van der Waals surface area contributed by atoms with Crippen molar-refractivity contribution >= 4 is 0 Å². The Morgan fingerprint density at radius 3 is 2.82 bits per heavy atom. The van der Waals surface area contributed by atoms with Crippen molar-refractivity contribution < 1.29 is 0 Å². The summed E-state index contributed by atoms with van der Waals surface area (Å²) in [6.45, 7) is 9.77. The Kier molecular flexibility index (Phi) is 4.83. The molecule has 0 aromatic heterocycles. The van der Waals surface area contributed by atoms with E-state index in [1.807, 2.05) is 0 Å². The molecule has 2 fully saturated rings. The van der Waals surface area contributed by atoms with E-state index in [0.29, 0.717) is 0 Å². The highest BCUT2D eigenvalue weighted by Crippen LogP contribution is 2.25. The molecule has 2 aliphatic heterocycles. The maximum atomic E-state index is 3.35. The molecule has 2 aliphatic rings. The number of piperazine rings is 1. The summed E-state index contributed by atoms with van der Waals surface area (Å²) in [6.07, 6.45) is 5.53. The lowest BCUT2D eigenvalue weighted by Gasteiger charge is -2.50. The minimum Gasteiger partial charge on any atom is -0.318 e. The molecule has 2 rings (SSSR count). The highest BCUT2D eigenvalue weighted by atomic mass is 15.3. The van der Waals surface area contributed by atoms with E-state index >= 15 is 0 Å². The zero-order valence-electron chi connectivity index (χ0n) is 11.8. The number of rotatable bonds is 4. The van der Waals surface area contributed by atoms with Gasteiger partial charge in [-0.3, -0.25) is 9.80 Å². The fourth-order valence-electron chi connectivity index (χ4n) is 3.62. The summed E-state index contributed by atoms with van der Waals surface area (Å²) < 4.78 is 0. The summed E-state index contributed by atoms with van der Waals surface area (Å²) in [5.74, 6) is 0. The second-order valence-electron chi connectivity index (χ2n) is 5.81. The van der Waals surface area contributed by atoms with Gasteiger partial charge in [0.25, 0.3) is 0 Å². The van der Waals surface area contributed by atoms with Crippen LogP contribution in [0.3, 0.4) is 0 Å². The first-order chi connectivity index (χ1) is 8.26. The summed E-state index contributed by atoms with van der Waals surface area (Å²) in [4.78, 5) is 5.49. The molecular formula is C14H29N3. The van der Waals surface area contributed by atoms with E-state index in [1.54, 1.807) is 0 Å². The van der Waals surface area contributed by atoms with Crippen LogP contribution in [0.5, 0.6) is 0 Å². The lowest BCUT2D eigenvalue weighted by atomic mass is 9.95. The van der Waals surface area contributed by atoms with E-state index < -0.39 is 0 Å². The Balaban J connectivity index is 1.97. The minimum atomic E-state index is 0.721. The van der Waals surface area contributed by atoms with Crippen molar-refractivity contribution in [2.75, 3.05) is 33.2 Å². The van der Waals surface area contributed by atoms with Gasteiger partial charge in [-0.05, 0) is 39.8 Å². The molecule has 0 radical (unpaired) electrons. The van der Waals surface area contributed by atoms with Crippen LogP contribution in [-0.4, -0.2) is 61.2 Å². The predicted molar refractivity (Wildman–Crippen MR) is 73.4 cm³/mol. The quantitative estimate of drug-likeness (QED) is 0.803. The molecule has 3 heteroatoms. The molecule has 0 amide bonds. The number of nitrogens with zero attached hydrogens (tertiary/aromatic N) is 2. The molecule has 3 atom stereocenters. The molecule has 2 heterocycles. The van der Waals surface area contributed by atoms with Gasteiger partial charge in [-0.25, -0.2) is 0 Å². The lowest BCUT2D eigenvalue weighted by Crippen LogP contribution is -2.62. The summed E-state index contributed by atoms with van der Waals surface area (Å²) in [5.41, 5.74) is 0. The Morgan fingerprint density at radius 2 is 2.12 bits per heavy atom. The lowest BCUT2D eigenvalue weighted by molar-refractivity contribution is -0.00808. The normalized spacial score (nSPS) is 33.4. The molecule has 3 unspecified atom stereocenters. The summed E-state index contributed by atoms with van der Waals surface area (Å²) >= 11 is 0. The number of fused-ring (bicyclic) bond motifs is 1. The van der Waals surface area contributed by atoms with Crippen molar-refractivity contribution in [3.05, 3.63) is 0 Å². The molecule has 0 saturated carbocycles. The molecule has 0 bridgehead atoms. The average Bonchev–Trinajstić information content (AvgIpc) is 2.35. The van der Waals surface area contributed by atoms with Gasteiger partial charge < -0.3 is 5.32 Å². The van der Waals surface area contributed by atoms with E-state index in [9.17, 15) is 0 Å². The highest BCUT2D eigenvalue weighted by Gasteiger charge is 2.35. The van der Waals surface area contributed by atoms with E-state index in [2.05, 4.69) is 36.0 Å². The first kappa shape index (κ1) is 13.3. The molecule has 3 nitrogen and oxygen atoms in total. The molecular weight excluding hydrogens is 210 g/mol. The second kappa shape index (κ2) is 6.17. The van der Waals surface area contributed by atoms with Crippen LogP contribution in [0.4, 0.5) is 0 Å². The van der Waals surface area contributed by atoms with Crippen LogP contribution in [0.1, 0.15) is 39.5 Å². The Labute approximate surface area is 107 Å². The average molecular weight is 239 g/mol. The van der Waals surface area contributed by atoms with Gasteiger partial charge in [0.05, 0.1) is 0 Å². The van der Waals surface area contributed by atoms with Gasteiger partial charge in [0.15, 0.2) is 0 Å². The van der Waals surface area contributed by atoms with Gasteiger partial charge >= 0.3 is 0 Å². The smallest absolute Gasteiger partial charge is 0.0224 e. The predicted octanol–water partition coefficient (Wildman–Crippen LogP) is 1.54. The zero-order valence-corrected chi connectivity index (χ0v) is 11.8. The van der Waals surface area contributed by atoms with Crippen molar-refractivity contribution in [1.29, 1.82) is 0 Å². The number of likely N-dealkylation sites (N-methyl/N-ethyl adjacent to an activating group) is 1. The van der Waals surface area contributed by atoms with Crippen LogP contribution >= 0.6 is 0 Å². The fourth-order valence-corrected chi connectivity index (χ4v) is 3.62. The van der Waals surface area contributed by atoms with Gasteiger partial charge in [0.2, 0.25) is 0 Å². The van der Waals surface area contributed by atoms with E-state index in [-0.39, 0.29) is 0 Å². The molecule has 0 aliphatic carbocycles. The van der Waals surface area contributed by atoms with Gasteiger partial charge in [0.1, 0.15) is 0 Å². The Morgan fingerprint density at radius 1 is 1.29 bits per heavy atom. The number of hydrogen-bond acceptors (Lipinski definition) is 3. The first-order valence-electron chi connectivity index (χ1n) is 7.40. The Hall–Kier alpha value is -0.120. The van der Waals surface area contributed by atoms with Gasteiger partial charge in [-0.15, -0.1) is 0 Å². The third-order valence-corrected chi connectivity index (χ3v) is 4.62. The van der Waals surface area contributed by atoms with Crippen LogP contribution in [0.25, 0.3) is 0 Å². The summed E-state index contributed by atoms with van der Waals surface area (Å²) in [6, 6.07) is 2.28. The van der Waals surface area contributed by atoms with Crippen molar-refractivity contribution in [3.63, 3.8) is 0 Å². The standard InChI is InChI=1S/C14H29N3/c1-4-13(9-15-3)17-11-14-7-5-6-8-16(14)10-12(17)2/h12-15H,4-11H2,1-3H3. The van der Waals surface area contributed by atoms with E-state index in [1.165, 1.54) is 45.3 Å². The maximum absolute atomic E-state index is 3.35. The molecule has 0 spiro atoms. The Bertz CT molecular complexity index is 232. The van der Waals surface area contributed by atoms with Gasteiger partial charge in [0, 0.05) is 37.8 Å². The van der Waals surface area contributed by atoms with Crippen LogP contribution in [0.15, 0.2) is 0 Å². The van der Waals surface area contributed by atoms with E-state index in [4.69, 9.17) is 0 Å². The molecule has 1 N–H and O–H groups in total.